The van der Waals surface area contributed by atoms with E-state index in [2.05, 4.69) is 10.5 Å². The maximum absolute atomic E-state index is 12.8. The van der Waals surface area contributed by atoms with Crippen molar-refractivity contribution in [2.45, 2.75) is 58.0 Å². The number of halogens is 3. The second-order valence-corrected chi connectivity index (χ2v) is 6.92. The molecule has 1 aliphatic rings. The van der Waals surface area contributed by atoms with E-state index in [9.17, 15) is 18.0 Å². The molecule has 1 aromatic heterocycles. The lowest BCUT2D eigenvalue weighted by molar-refractivity contribution is -0.185. The minimum Gasteiger partial charge on any atom is -0.359 e. The van der Waals surface area contributed by atoms with E-state index < -0.39 is 23.9 Å². The number of carbonyl (C=O) groups is 1. The van der Waals surface area contributed by atoms with Crippen LogP contribution >= 0.6 is 0 Å². The fourth-order valence-corrected chi connectivity index (χ4v) is 2.64. The number of rotatable bonds is 2. The first-order chi connectivity index (χ1) is 10.1. The normalized spacial score (nSPS) is 23.4. The number of amides is 1. The maximum atomic E-state index is 12.8. The Balaban J connectivity index is 1.99. The number of carbonyl (C=O) groups excluding carboxylic acids is 1. The maximum Gasteiger partial charge on any atom is 0.391 e. The van der Waals surface area contributed by atoms with Gasteiger partial charge < -0.3 is 9.84 Å². The fourth-order valence-electron chi connectivity index (χ4n) is 2.64. The first-order valence-electron chi connectivity index (χ1n) is 7.42. The second-order valence-electron chi connectivity index (χ2n) is 6.92. The minimum atomic E-state index is -4.23. The molecule has 124 valence electrons. The number of aromatic nitrogens is 1. The zero-order valence-corrected chi connectivity index (χ0v) is 13.0. The van der Waals surface area contributed by atoms with E-state index in [-0.39, 0.29) is 24.1 Å². The van der Waals surface area contributed by atoms with Crippen LogP contribution in [-0.2, 0) is 10.2 Å². The van der Waals surface area contributed by atoms with Gasteiger partial charge in [-0.15, -0.1) is 0 Å². The largest absolute Gasteiger partial charge is 0.391 e. The number of nitrogens with one attached hydrogen (secondary N) is 1. The predicted molar refractivity (Wildman–Crippen MR) is 75.3 cm³/mol. The van der Waals surface area contributed by atoms with Gasteiger partial charge in [-0.05, 0) is 19.3 Å². The third-order valence-electron chi connectivity index (χ3n) is 4.01. The molecule has 1 aliphatic carbocycles. The van der Waals surface area contributed by atoms with Crippen LogP contribution in [0.25, 0.3) is 0 Å². The zero-order valence-electron chi connectivity index (χ0n) is 13.0. The molecule has 2 rings (SSSR count). The fraction of sp³-hybridized carbons (Fsp3) is 0.733. The Morgan fingerprint density at radius 3 is 2.55 bits per heavy atom. The van der Waals surface area contributed by atoms with Gasteiger partial charge in [-0.2, -0.15) is 13.2 Å². The summed E-state index contributed by atoms with van der Waals surface area (Å²) >= 11 is 0. The third-order valence-corrected chi connectivity index (χ3v) is 4.01. The SMILES string of the molecule is CC(C)(C)c1cc(NC(=O)[C@H]2CCC[C@H](C(F)(F)F)C2)no1. The lowest BCUT2D eigenvalue weighted by Crippen LogP contribution is -2.34. The van der Waals surface area contributed by atoms with E-state index in [1.807, 2.05) is 20.8 Å². The van der Waals surface area contributed by atoms with Crippen molar-refractivity contribution in [1.29, 1.82) is 0 Å². The Morgan fingerprint density at radius 2 is 2.00 bits per heavy atom. The van der Waals surface area contributed by atoms with E-state index in [4.69, 9.17) is 4.52 Å². The van der Waals surface area contributed by atoms with E-state index in [1.165, 1.54) is 0 Å². The van der Waals surface area contributed by atoms with Crippen molar-refractivity contribution >= 4 is 11.7 Å². The number of nitrogens with zero attached hydrogens (tertiary/aromatic N) is 1. The summed E-state index contributed by atoms with van der Waals surface area (Å²) in [6, 6.07) is 1.61. The molecule has 1 heterocycles. The Labute approximate surface area is 127 Å². The highest BCUT2D eigenvalue weighted by Crippen LogP contribution is 2.40. The Morgan fingerprint density at radius 1 is 1.32 bits per heavy atom. The lowest BCUT2D eigenvalue weighted by Gasteiger charge is -2.29. The van der Waals surface area contributed by atoms with Crippen LogP contribution in [0.4, 0.5) is 19.0 Å². The third kappa shape index (κ3) is 4.01. The summed E-state index contributed by atoms with van der Waals surface area (Å²) in [5, 5.41) is 6.32. The average Bonchev–Trinajstić information content (AvgIpc) is 2.86. The summed E-state index contributed by atoms with van der Waals surface area (Å²) in [6.07, 6.45) is -3.40. The standard InChI is InChI=1S/C15H21F3N2O2/c1-14(2,3)11-8-12(20-22-11)19-13(21)9-5-4-6-10(7-9)15(16,17)18/h8-10H,4-7H2,1-3H3,(H,19,20,21)/t9-,10-/m0/s1. The number of hydrogen-bond donors (Lipinski definition) is 1. The zero-order chi connectivity index (χ0) is 16.5. The number of hydrogen-bond acceptors (Lipinski definition) is 3. The first-order valence-corrected chi connectivity index (χ1v) is 7.42. The van der Waals surface area contributed by atoms with Gasteiger partial charge in [0.05, 0.1) is 5.92 Å². The first kappa shape index (κ1) is 16.8. The van der Waals surface area contributed by atoms with Crippen LogP contribution in [-0.4, -0.2) is 17.2 Å². The quantitative estimate of drug-likeness (QED) is 0.885. The van der Waals surface area contributed by atoms with Crippen LogP contribution in [0.5, 0.6) is 0 Å². The van der Waals surface area contributed by atoms with Crippen molar-refractivity contribution in [3.05, 3.63) is 11.8 Å². The molecule has 0 radical (unpaired) electrons. The summed E-state index contributed by atoms with van der Waals surface area (Å²) in [5.41, 5.74) is -0.248. The Hall–Kier alpha value is -1.53. The number of alkyl halides is 3. The summed E-state index contributed by atoms with van der Waals surface area (Å²) in [4.78, 5) is 12.1. The summed E-state index contributed by atoms with van der Waals surface area (Å²) in [5.74, 6) is -1.57. The highest BCUT2D eigenvalue weighted by Gasteiger charge is 2.43. The van der Waals surface area contributed by atoms with E-state index in [1.54, 1.807) is 6.07 Å². The van der Waals surface area contributed by atoms with Gasteiger partial charge in [-0.25, -0.2) is 0 Å². The molecule has 0 spiro atoms. The van der Waals surface area contributed by atoms with Crippen molar-refractivity contribution in [2.24, 2.45) is 11.8 Å². The molecule has 1 fully saturated rings. The van der Waals surface area contributed by atoms with Crippen molar-refractivity contribution in [3.8, 4) is 0 Å². The molecule has 4 nitrogen and oxygen atoms in total. The highest BCUT2D eigenvalue weighted by molar-refractivity contribution is 5.91. The van der Waals surface area contributed by atoms with Gasteiger partial charge in [0.15, 0.2) is 5.82 Å². The van der Waals surface area contributed by atoms with Crippen molar-refractivity contribution in [3.63, 3.8) is 0 Å². The van der Waals surface area contributed by atoms with Gasteiger partial charge in [0.2, 0.25) is 5.91 Å². The molecule has 22 heavy (non-hydrogen) atoms. The molecule has 1 saturated carbocycles. The Bertz CT molecular complexity index is 532. The van der Waals surface area contributed by atoms with Gasteiger partial charge in [0.25, 0.3) is 0 Å². The summed E-state index contributed by atoms with van der Waals surface area (Å²) in [7, 11) is 0. The monoisotopic (exact) mass is 318 g/mol. The predicted octanol–water partition coefficient (Wildman–Crippen LogP) is 4.28. The highest BCUT2D eigenvalue weighted by atomic mass is 19.4. The molecule has 7 heteroatoms. The minimum absolute atomic E-state index is 0.103. The van der Waals surface area contributed by atoms with E-state index in [0.29, 0.717) is 18.6 Å². The lowest BCUT2D eigenvalue weighted by atomic mass is 9.80. The van der Waals surface area contributed by atoms with Gasteiger partial charge in [-0.3, -0.25) is 4.79 Å². The van der Waals surface area contributed by atoms with Crippen LogP contribution < -0.4 is 5.32 Å². The van der Waals surface area contributed by atoms with E-state index in [0.717, 1.165) is 0 Å². The molecule has 1 aromatic rings. The van der Waals surface area contributed by atoms with Gasteiger partial charge >= 0.3 is 6.18 Å². The van der Waals surface area contributed by atoms with Crippen molar-refractivity contribution in [2.75, 3.05) is 5.32 Å². The molecule has 0 unspecified atom stereocenters. The molecule has 0 saturated heterocycles. The smallest absolute Gasteiger partial charge is 0.359 e. The number of anilines is 1. The molecular weight excluding hydrogens is 297 g/mol. The van der Waals surface area contributed by atoms with Gasteiger partial charge in [0.1, 0.15) is 5.76 Å². The Kier molecular flexibility index (Phi) is 4.54. The molecule has 0 bridgehead atoms. The molecule has 1 amide bonds. The van der Waals surface area contributed by atoms with Crippen LogP contribution in [0.2, 0.25) is 0 Å². The molecule has 0 aromatic carbocycles. The van der Waals surface area contributed by atoms with Crippen molar-refractivity contribution in [1.82, 2.24) is 5.16 Å². The van der Waals surface area contributed by atoms with Crippen LogP contribution in [0, 0.1) is 11.8 Å². The summed E-state index contributed by atoms with van der Waals surface area (Å²) in [6.45, 7) is 5.82. The molecule has 1 N–H and O–H groups in total. The second kappa shape index (κ2) is 5.93. The molecule has 0 aliphatic heterocycles. The van der Waals surface area contributed by atoms with Gasteiger partial charge in [-0.1, -0.05) is 32.3 Å². The van der Waals surface area contributed by atoms with Crippen LogP contribution in [0.1, 0.15) is 52.2 Å². The van der Waals surface area contributed by atoms with Crippen LogP contribution in [0.3, 0.4) is 0 Å². The topological polar surface area (TPSA) is 55.1 Å². The summed E-state index contributed by atoms with van der Waals surface area (Å²) < 4.78 is 43.5. The van der Waals surface area contributed by atoms with E-state index >= 15 is 0 Å². The molecular formula is C15H21F3N2O2. The molecule has 2 atom stereocenters. The van der Waals surface area contributed by atoms with Gasteiger partial charge in [0, 0.05) is 17.4 Å². The van der Waals surface area contributed by atoms with Crippen molar-refractivity contribution < 1.29 is 22.5 Å². The average molecular weight is 318 g/mol. The van der Waals surface area contributed by atoms with Crippen LogP contribution in [0.15, 0.2) is 10.6 Å².